The summed E-state index contributed by atoms with van der Waals surface area (Å²) in [5.74, 6) is -0.499. The molecule has 1 saturated heterocycles. The van der Waals surface area contributed by atoms with Crippen LogP contribution in [0.5, 0.6) is 0 Å². The standard InChI is InChI=1S/C13H17ClFN3O/c1-17(8-13(19)18-4-2-3-5-18)12-7-10(15)9(14)6-11(12)16/h6-7H,2-5,8,16H2,1H3. The van der Waals surface area contributed by atoms with Crippen molar-refractivity contribution in [3.05, 3.63) is 23.0 Å². The SMILES string of the molecule is CN(CC(=O)N1CCCC1)c1cc(F)c(Cl)cc1N. The topological polar surface area (TPSA) is 49.6 Å². The van der Waals surface area contributed by atoms with Crippen molar-refractivity contribution in [2.45, 2.75) is 12.8 Å². The van der Waals surface area contributed by atoms with Gasteiger partial charge in [-0.05, 0) is 18.9 Å². The maximum atomic E-state index is 13.4. The summed E-state index contributed by atoms with van der Waals surface area (Å²) in [5, 5.41) is -0.0134. The lowest BCUT2D eigenvalue weighted by Gasteiger charge is -2.24. The van der Waals surface area contributed by atoms with Crippen LogP contribution < -0.4 is 10.6 Å². The van der Waals surface area contributed by atoms with Crippen molar-refractivity contribution >= 4 is 28.9 Å². The first-order valence-corrected chi connectivity index (χ1v) is 6.60. The number of anilines is 2. The molecule has 0 spiro atoms. The van der Waals surface area contributed by atoms with Gasteiger partial charge in [0, 0.05) is 26.2 Å². The fraction of sp³-hybridized carbons (Fsp3) is 0.462. The van der Waals surface area contributed by atoms with E-state index in [0.717, 1.165) is 25.9 Å². The van der Waals surface area contributed by atoms with Gasteiger partial charge in [0.15, 0.2) is 0 Å². The molecule has 0 unspecified atom stereocenters. The first-order chi connectivity index (χ1) is 8.99. The van der Waals surface area contributed by atoms with Crippen molar-refractivity contribution in [1.29, 1.82) is 0 Å². The van der Waals surface area contributed by atoms with Crippen LogP contribution in [0.2, 0.25) is 5.02 Å². The quantitative estimate of drug-likeness (QED) is 0.866. The number of carbonyl (C=O) groups excluding carboxylic acids is 1. The average molecular weight is 286 g/mol. The minimum atomic E-state index is -0.536. The highest BCUT2D eigenvalue weighted by Gasteiger charge is 2.20. The van der Waals surface area contributed by atoms with Gasteiger partial charge in [-0.3, -0.25) is 4.79 Å². The third-order valence-electron chi connectivity index (χ3n) is 3.31. The number of nitrogen functional groups attached to an aromatic ring is 1. The molecule has 0 aromatic heterocycles. The number of hydrogen-bond donors (Lipinski definition) is 1. The molecule has 2 N–H and O–H groups in total. The Balaban J connectivity index is 2.09. The molecule has 2 rings (SSSR count). The van der Waals surface area contributed by atoms with Crippen molar-refractivity contribution in [2.24, 2.45) is 0 Å². The van der Waals surface area contributed by atoms with Crippen LogP contribution in [0.15, 0.2) is 12.1 Å². The zero-order chi connectivity index (χ0) is 14.0. The molecule has 0 radical (unpaired) electrons. The van der Waals surface area contributed by atoms with Gasteiger partial charge in [-0.1, -0.05) is 11.6 Å². The summed E-state index contributed by atoms with van der Waals surface area (Å²) in [6, 6.07) is 2.62. The Morgan fingerprint density at radius 1 is 1.47 bits per heavy atom. The number of benzene rings is 1. The van der Waals surface area contributed by atoms with E-state index in [4.69, 9.17) is 17.3 Å². The number of rotatable bonds is 3. The van der Waals surface area contributed by atoms with Gasteiger partial charge in [-0.2, -0.15) is 0 Å². The number of nitrogens with zero attached hydrogens (tertiary/aromatic N) is 2. The van der Waals surface area contributed by atoms with Crippen molar-refractivity contribution in [3.63, 3.8) is 0 Å². The molecule has 1 aliphatic rings. The predicted molar refractivity (Wildman–Crippen MR) is 74.9 cm³/mol. The minimum Gasteiger partial charge on any atom is -0.397 e. The lowest BCUT2D eigenvalue weighted by molar-refractivity contribution is -0.128. The molecule has 1 aromatic carbocycles. The van der Waals surface area contributed by atoms with Crippen molar-refractivity contribution in [3.8, 4) is 0 Å². The molecular weight excluding hydrogens is 269 g/mol. The van der Waals surface area contributed by atoms with Crippen LogP contribution in [-0.4, -0.2) is 37.5 Å². The number of likely N-dealkylation sites (N-methyl/N-ethyl adjacent to an activating group) is 1. The summed E-state index contributed by atoms with van der Waals surface area (Å²) in [6.07, 6.45) is 2.10. The minimum absolute atomic E-state index is 0.0134. The van der Waals surface area contributed by atoms with Gasteiger partial charge in [0.05, 0.1) is 22.9 Å². The van der Waals surface area contributed by atoms with E-state index in [1.165, 1.54) is 12.1 Å². The number of nitrogens with two attached hydrogens (primary N) is 1. The van der Waals surface area contributed by atoms with Crippen molar-refractivity contribution < 1.29 is 9.18 Å². The first-order valence-electron chi connectivity index (χ1n) is 6.22. The summed E-state index contributed by atoms with van der Waals surface area (Å²) >= 11 is 5.65. The highest BCUT2D eigenvalue weighted by atomic mass is 35.5. The highest BCUT2D eigenvalue weighted by molar-refractivity contribution is 6.31. The second-order valence-electron chi connectivity index (χ2n) is 4.77. The van der Waals surface area contributed by atoms with Crippen LogP contribution in [-0.2, 0) is 4.79 Å². The zero-order valence-electron chi connectivity index (χ0n) is 10.8. The molecule has 0 saturated carbocycles. The molecule has 104 valence electrons. The van der Waals surface area contributed by atoms with Gasteiger partial charge >= 0.3 is 0 Å². The van der Waals surface area contributed by atoms with Crippen LogP contribution >= 0.6 is 11.6 Å². The third kappa shape index (κ3) is 3.10. The van der Waals surface area contributed by atoms with Gasteiger partial charge in [0.1, 0.15) is 5.82 Å². The normalized spacial score (nSPS) is 14.8. The van der Waals surface area contributed by atoms with E-state index >= 15 is 0 Å². The van der Waals surface area contributed by atoms with Gasteiger partial charge in [0.25, 0.3) is 0 Å². The van der Waals surface area contributed by atoms with E-state index in [0.29, 0.717) is 11.4 Å². The monoisotopic (exact) mass is 285 g/mol. The van der Waals surface area contributed by atoms with Crippen LogP contribution in [0.3, 0.4) is 0 Å². The molecule has 4 nitrogen and oxygen atoms in total. The molecule has 1 amide bonds. The fourth-order valence-corrected chi connectivity index (χ4v) is 2.41. The average Bonchev–Trinajstić information content (AvgIpc) is 2.87. The van der Waals surface area contributed by atoms with Crippen LogP contribution in [0.25, 0.3) is 0 Å². The number of likely N-dealkylation sites (tertiary alicyclic amines) is 1. The van der Waals surface area contributed by atoms with Gasteiger partial charge < -0.3 is 15.5 Å². The zero-order valence-corrected chi connectivity index (χ0v) is 11.6. The Hall–Kier alpha value is -1.49. The van der Waals surface area contributed by atoms with Gasteiger partial charge in [0.2, 0.25) is 5.91 Å². The molecular formula is C13H17ClFN3O. The Labute approximate surface area is 116 Å². The van der Waals surface area contributed by atoms with Crippen LogP contribution in [0, 0.1) is 5.82 Å². The van der Waals surface area contributed by atoms with E-state index in [1.807, 2.05) is 4.90 Å². The molecule has 1 aliphatic heterocycles. The lowest BCUT2D eigenvalue weighted by Crippen LogP contribution is -2.37. The Bertz CT molecular complexity index is 489. The summed E-state index contributed by atoms with van der Waals surface area (Å²) in [6.45, 7) is 1.79. The second-order valence-corrected chi connectivity index (χ2v) is 5.18. The first kappa shape index (κ1) is 13.9. The summed E-state index contributed by atoms with van der Waals surface area (Å²) < 4.78 is 13.4. The Kier molecular flexibility index (Phi) is 4.14. The number of halogens is 2. The van der Waals surface area contributed by atoms with E-state index in [1.54, 1.807) is 11.9 Å². The van der Waals surface area contributed by atoms with Crippen molar-refractivity contribution in [1.82, 2.24) is 4.90 Å². The number of carbonyl (C=O) groups is 1. The Morgan fingerprint density at radius 2 is 2.11 bits per heavy atom. The molecule has 1 fully saturated rings. The highest BCUT2D eigenvalue weighted by Crippen LogP contribution is 2.28. The van der Waals surface area contributed by atoms with Crippen LogP contribution in [0.4, 0.5) is 15.8 Å². The van der Waals surface area contributed by atoms with E-state index in [2.05, 4.69) is 0 Å². The maximum absolute atomic E-state index is 13.4. The molecule has 1 heterocycles. The lowest BCUT2D eigenvalue weighted by atomic mass is 10.2. The second kappa shape index (κ2) is 5.65. The van der Waals surface area contributed by atoms with E-state index < -0.39 is 5.82 Å². The van der Waals surface area contributed by atoms with E-state index in [-0.39, 0.29) is 17.5 Å². The molecule has 0 aliphatic carbocycles. The van der Waals surface area contributed by atoms with Gasteiger partial charge in [-0.15, -0.1) is 0 Å². The summed E-state index contributed by atoms with van der Waals surface area (Å²) in [7, 11) is 1.72. The largest absolute Gasteiger partial charge is 0.397 e. The van der Waals surface area contributed by atoms with Crippen molar-refractivity contribution in [2.75, 3.05) is 37.3 Å². The number of hydrogen-bond acceptors (Lipinski definition) is 3. The predicted octanol–water partition coefficient (Wildman–Crippen LogP) is 2.12. The molecule has 6 heteroatoms. The molecule has 0 atom stereocenters. The molecule has 19 heavy (non-hydrogen) atoms. The maximum Gasteiger partial charge on any atom is 0.242 e. The number of amides is 1. The third-order valence-corrected chi connectivity index (χ3v) is 3.60. The smallest absolute Gasteiger partial charge is 0.242 e. The molecule has 1 aromatic rings. The fourth-order valence-electron chi connectivity index (χ4n) is 2.24. The van der Waals surface area contributed by atoms with Crippen LogP contribution in [0.1, 0.15) is 12.8 Å². The summed E-state index contributed by atoms with van der Waals surface area (Å²) in [4.78, 5) is 15.5. The summed E-state index contributed by atoms with van der Waals surface area (Å²) in [5.41, 5.74) is 6.65. The molecule has 0 bridgehead atoms. The Morgan fingerprint density at radius 3 is 2.74 bits per heavy atom. The van der Waals surface area contributed by atoms with E-state index in [9.17, 15) is 9.18 Å². The van der Waals surface area contributed by atoms with Gasteiger partial charge in [-0.25, -0.2) is 4.39 Å².